The average molecular weight is 336 g/mol. The molecule has 1 aromatic rings. The molecule has 2 aliphatic rings. The molecule has 3 rings (SSSR count). The van der Waals surface area contributed by atoms with E-state index < -0.39 is 11.6 Å². The molecular weight excluding hydrogens is 310 g/mol. The van der Waals surface area contributed by atoms with Crippen molar-refractivity contribution < 1.29 is 18.3 Å². The van der Waals surface area contributed by atoms with Crippen molar-refractivity contribution in [2.45, 2.75) is 58.3 Å². The first-order valence-corrected chi connectivity index (χ1v) is 8.97. The van der Waals surface area contributed by atoms with E-state index in [0.29, 0.717) is 5.92 Å². The zero-order chi connectivity index (χ0) is 17.1. The summed E-state index contributed by atoms with van der Waals surface area (Å²) in [5, 5.41) is 0. The fraction of sp³-hybridized carbons (Fsp3) is 0.600. The Labute approximate surface area is 143 Å². The zero-order valence-electron chi connectivity index (χ0n) is 14.5. The Bertz CT molecular complexity index is 545. The number of hydrogen-bond donors (Lipinski definition) is 0. The molecule has 0 unspecified atom stereocenters. The van der Waals surface area contributed by atoms with Gasteiger partial charge in [0.15, 0.2) is 11.5 Å². The van der Waals surface area contributed by atoms with Crippen molar-refractivity contribution in [2.24, 2.45) is 11.8 Å². The number of ether oxygens (including phenoxy) is 2. The van der Waals surface area contributed by atoms with Crippen molar-refractivity contribution in [3.63, 3.8) is 0 Å². The predicted molar refractivity (Wildman–Crippen MR) is 89.6 cm³/mol. The molecule has 0 N–H and O–H groups in total. The van der Waals surface area contributed by atoms with E-state index in [9.17, 15) is 8.78 Å². The van der Waals surface area contributed by atoms with Gasteiger partial charge in [0.1, 0.15) is 6.10 Å². The maximum Gasteiger partial charge on any atom is 0.204 e. The Balaban J connectivity index is 1.53. The first kappa shape index (κ1) is 17.5. The van der Waals surface area contributed by atoms with Crippen molar-refractivity contribution in [3.05, 3.63) is 35.8 Å². The lowest BCUT2D eigenvalue weighted by molar-refractivity contribution is 0.207. The molecule has 0 aliphatic heterocycles. The summed E-state index contributed by atoms with van der Waals surface area (Å²) >= 11 is 0. The van der Waals surface area contributed by atoms with Gasteiger partial charge in [0.05, 0.1) is 7.11 Å². The zero-order valence-corrected chi connectivity index (χ0v) is 14.5. The van der Waals surface area contributed by atoms with Gasteiger partial charge in [0, 0.05) is 0 Å². The fourth-order valence-corrected chi connectivity index (χ4v) is 3.90. The highest BCUT2D eigenvalue weighted by atomic mass is 19.2. The lowest BCUT2D eigenvalue weighted by Gasteiger charge is -2.36. The lowest BCUT2D eigenvalue weighted by atomic mass is 9.71. The maximum absolute atomic E-state index is 14.0. The van der Waals surface area contributed by atoms with E-state index in [2.05, 4.69) is 6.92 Å². The van der Waals surface area contributed by atoms with Gasteiger partial charge >= 0.3 is 0 Å². The minimum Gasteiger partial charge on any atom is -0.494 e. The highest BCUT2D eigenvalue weighted by molar-refractivity contribution is 5.35. The van der Waals surface area contributed by atoms with Gasteiger partial charge in [-0.25, -0.2) is 0 Å². The molecule has 2 radical (unpaired) electrons. The summed E-state index contributed by atoms with van der Waals surface area (Å²) in [6.07, 6.45) is 9.82. The van der Waals surface area contributed by atoms with Crippen molar-refractivity contribution >= 4 is 0 Å². The van der Waals surface area contributed by atoms with Gasteiger partial charge in [-0.3, -0.25) is 0 Å². The van der Waals surface area contributed by atoms with Crippen molar-refractivity contribution in [3.8, 4) is 11.5 Å². The second-order valence-electron chi connectivity index (χ2n) is 7.15. The normalized spacial score (nSPS) is 21.8. The van der Waals surface area contributed by atoms with Crippen LogP contribution in [0.5, 0.6) is 11.5 Å². The molecule has 0 saturated heterocycles. The van der Waals surface area contributed by atoms with Gasteiger partial charge < -0.3 is 9.47 Å². The van der Waals surface area contributed by atoms with E-state index in [0.717, 1.165) is 37.7 Å². The molecule has 2 fully saturated rings. The molecule has 132 valence electrons. The summed E-state index contributed by atoms with van der Waals surface area (Å²) in [5.41, 5.74) is 0. The highest BCUT2D eigenvalue weighted by Crippen LogP contribution is 2.43. The smallest absolute Gasteiger partial charge is 0.204 e. The summed E-state index contributed by atoms with van der Waals surface area (Å²) in [6.45, 7) is 2.33. The first-order chi connectivity index (χ1) is 11.6. The summed E-state index contributed by atoms with van der Waals surface area (Å²) in [6, 6.07) is 2.84. The van der Waals surface area contributed by atoms with E-state index in [1.807, 2.05) is 0 Å². The van der Waals surface area contributed by atoms with Crippen LogP contribution in [0.25, 0.3) is 0 Å². The Morgan fingerprint density at radius 1 is 0.875 bits per heavy atom. The second-order valence-corrected chi connectivity index (χ2v) is 7.15. The lowest BCUT2D eigenvalue weighted by Crippen LogP contribution is -2.25. The molecular formula is C20H26F2O2. The van der Waals surface area contributed by atoms with Crippen LogP contribution in [0, 0.1) is 35.5 Å². The molecule has 0 aromatic heterocycles. The molecule has 0 atom stereocenters. The summed E-state index contributed by atoms with van der Waals surface area (Å²) in [4.78, 5) is 0. The molecule has 2 aliphatic carbocycles. The third-order valence-corrected chi connectivity index (χ3v) is 5.52. The Morgan fingerprint density at radius 2 is 1.46 bits per heavy atom. The molecule has 0 amide bonds. The summed E-state index contributed by atoms with van der Waals surface area (Å²) in [7, 11) is 1.32. The van der Waals surface area contributed by atoms with Crippen LogP contribution in [0.4, 0.5) is 8.78 Å². The van der Waals surface area contributed by atoms with Gasteiger partial charge in [-0.15, -0.1) is 0 Å². The third-order valence-electron chi connectivity index (χ3n) is 5.52. The molecule has 0 bridgehead atoms. The van der Waals surface area contributed by atoms with Crippen LogP contribution in [-0.2, 0) is 0 Å². The van der Waals surface area contributed by atoms with E-state index in [1.165, 1.54) is 44.9 Å². The molecule has 4 heteroatoms. The van der Waals surface area contributed by atoms with E-state index in [4.69, 9.17) is 9.47 Å². The largest absolute Gasteiger partial charge is 0.494 e. The van der Waals surface area contributed by atoms with Crippen molar-refractivity contribution in [1.82, 2.24) is 0 Å². The summed E-state index contributed by atoms with van der Waals surface area (Å²) < 4.78 is 38.2. The Morgan fingerprint density at radius 3 is 2.08 bits per heavy atom. The molecule has 24 heavy (non-hydrogen) atoms. The number of halogens is 2. The number of methoxy groups -OCH3 is 1. The van der Waals surface area contributed by atoms with Gasteiger partial charge in [0.2, 0.25) is 11.6 Å². The Hall–Kier alpha value is -1.32. The molecule has 2 nitrogen and oxygen atoms in total. The van der Waals surface area contributed by atoms with Gasteiger partial charge in [-0.1, -0.05) is 19.8 Å². The molecule has 2 saturated carbocycles. The van der Waals surface area contributed by atoms with Gasteiger partial charge in [-0.05, 0) is 68.4 Å². The number of hydrogen-bond acceptors (Lipinski definition) is 2. The third kappa shape index (κ3) is 3.84. The van der Waals surface area contributed by atoms with E-state index >= 15 is 0 Å². The fourth-order valence-electron chi connectivity index (χ4n) is 3.90. The van der Waals surface area contributed by atoms with Crippen LogP contribution < -0.4 is 9.47 Å². The van der Waals surface area contributed by atoms with Crippen molar-refractivity contribution in [2.75, 3.05) is 7.11 Å². The highest BCUT2D eigenvalue weighted by Gasteiger charge is 2.32. The topological polar surface area (TPSA) is 18.5 Å². The van der Waals surface area contributed by atoms with E-state index in [-0.39, 0.29) is 11.5 Å². The standard InChI is InChI=1S/C20H26F2O2/c1-13-3-5-14(6-4-13)15-7-9-16(10-8-15)24-18-12-11-17(23-2)19(21)20(18)22/h11-13,15H,3-10H2,1-2H3. The second kappa shape index (κ2) is 7.71. The van der Waals surface area contributed by atoms with Gasteiger partial charge in [-0.2, -0.15) is 8.78 Å². The predicted octanol–water partition coefficient (Wildman–Crippen LogP) is 5.86. The summed E-state index contributed by atoms with van der Waals surface area (Å²) in [5.74, 6) is 1.15. The first-order valence-electron chi connectivity index (χ1n) is 8.97. The van der Waals surface area contributed by atoms with E-state index in [1.54, 1.807) is 5.92 Å². The minimum atomic E-state index is -0.990. The molecule has 0 spiro atoms. The van der Waals surface area contributed by atoms with Crippen LogP contribution in [0.1, 0.15) is 58.3 Å². The van der Waals surface area contributed by atoms with Crippen LogP contribution in [0.3, 0.4) is 0 Å². The maximum atomic E-state index is 14.0. The van der Waals surface area contributed by atoms with Crippen LogP contribution in [-0.4, -0.2) is 7.11 Å². The average Bonchev–Trinajstić information content (AvgIpc) is 2.61. The van der Waals surface area contributed by atoms with Gasteiger partial charge in [0.25, 0.3) is 0 Å². The number of rotatable bonds is 4. The van der Waals surface area contributed by atoms with Crippen LogP contribution in [0.2, 0.25) is 0 Å². The van der Waals surface area contributed by atoms with Crippen molar-refractivity contribution in [1.29, 1.82) is 0 Å². The SMILES string of the molecule is COc1ccc(O[C]2CCC([C]3CCC(C)CC3)CC2)c(F)c1F. The Kier molecular flexibility index (Phi) is 5.62. The quantitative estimate of drug-likeness (QED) is 0.686. The monoisotopic (exact) mass is 336 g/mol. The number of benzene rings is 1. The van der Waals surface area contributed by atoms with Crippen LogP contribution >= 0.6 is 0 Å². The minimum absolute atomic E-state index is 0.0408. The molecule has 0 heterocycles. The molecule has 1 aromatic carbocycles. The van der Waals surface area contributed by atoms with Crippen LogP contribution in [0.15, 0.2) is 12.1 Å².